The van der Waals surface area contributed by atoms with E-state index < -0.39 is 5.97 Å². The van der Waals surface area contributed by atoms with E-state index in [1.807, 2.05) is 6.07 Å². The van der Waals surface area contributed by atoms with Gasteiger partial charge in [0.1, 0.15) is 0 Å². The van der Waals surface area contributed by atoms with Crippen molar-refractivity contribution in [2.75, 3.05) is 0 Å². The van der Waals surface area contributed by atoms with Crippen molar-refractivity contribution < 1.29 is 9.90 Å². The Balaban J connectivity index is 2.48. The molecule has 0 spiro atoms. The van der Waals surface area contributed by atoms with Crippen molar-refractivity contribution in [3.05, 3.63) is 35.5 Å². The van der Waals surface area contributed by atoms with Gasteiger partial charge in [-0.15, -0.1) is 0 Å². The van der Waals surface area contributed by atoms with E-state index in [2.05, 4.69) is 36.6 Å². The van der Waals surface area contributed by atoms with Crippen LogP contribution in [0.5, 0.6) is 0 Å². The van der Waals surface area contributed by atoms with Crippen molar-refractivity contribution in [1.29, 1.82) is 0 Å². The number of carbonyl (C=O) groups is 1. The van der Waals surface area contributed by atoms with E-state index in [-0.39, 0.29) is 6.42 Å². The SMILES string of the molecule is CCn1c(CCC(=O)O)cc2c(C)cccc21. The van der Waals surface area contributed by atoms with Crippen LogP contribution in [0.2, 0.25) is 0 Å². The van der Waals surface area contributed by atoms with Crippen LogP contribution in [0.25, 0.3) is 10.9 Å². The fourth-order valence-electron chi connectivity index (χ4n) is 2.30. The summed E-state index contributed by atoms with van der Waals surface area (Å²) in [7, 11) is 0. The van der Waals surface area contributed by atoms with Gasteiger partial charge in [-0.05, 0) is 38.0 Å². The lowest BCUT2D eigenvalue weighted by Gasteiger charge is -2.06. The van der Waals surface area contributed by atoms with Crippen LogP contribution >= 0.6 is 0 Å². The third-order valence-corrected chi connectivity index (χ3v) is 3.16. The number of rotatable bonds is 4. The van der Waals surface area contributed by atoms with Crippen LogP contribution < -0.4 is 0 Å². The summed E-state index contributed by atoms with van der Waals surface area (Å²) in [6, 6.07) is 8.35. The predicted molar refractivity (Wildman–Crippen MR) is 68.3 cm³/mol. The monoisotopic (exact) mass is 231 g/mol. The van der Waals surface area contributed by atoms with Crippen molar-refractivity contribution in [3.8, 4) is 0 Å². The number of aryl methyl sites for hydroxylation is 3. The van der Waals surface area contributed by atoms with E-state index in [0.29, 0.717) is 6.42 Å². The average molecular weight is 231 g/mol. The topological polar surface area (TPSA) is 42.2 Å². The van der Waals surface area contributed by atoms with Gasteiger partial charge in [0, 0.05) is 23.1 Å². The standard InChI is InChI=1S/C14H17NO2/c1-3-15-11(7-8-14(16)17)9-12-10(2)5-4-6-13(12)15/h4-6,9H,3,7-8H2,1-2H3,(H,16,17). The maximum absolute atomic E-state index is 10.6. The Bertz CT molecular complexity index is 555. The van der Waals surface area contributed by atoms with Gasteiger partial charge in [0.05, 0.1) is 6.42 Å². The highest BCUT2D eigenvalue weighted by Gasteiger charge is 2.10. The first kappa shape index (κ1) is 11.7. The number of fused-ring (bicyclic) bond motifs is 1. The molecule has 1 aromatic carbocycles. The van der Waals surface area contributed by atoms with Gasteiger partial charge >= 0.3 is 5.97 Å². The smallest absolute Gasteiger partial charge is 0.303 e. The van der Waals surface area contributed by atoms with Crippen molar-refractivity contribution in [2.24, 2.45) is 0 Å². The number of nitrogens with zero attached hydrogens (tertiary/aromatic N) is 1. The number of hydrogen-bond acceptors (Lipinski definition) is 1. The molecule has 3 heteroatoms. The summed E-state index contributed by atoms with van der Waals surface area (Å²) in [6.45, 7) is 5.05. The second-order valence-electron chi connectivity index (χ2n) is 4.28. The van der Waals surface area contributed by atoms with Crippen LogP contribution in [0.3, 0.4) is 0 Å². The molecule has 0 unspecified atom stereocenters. The third-order valence-electron chi connectivity index (χ3n) is 3.16. The molecule has 1 aromatic heterocycles. The van der Waals surface area contributed by atoms with Crippen LogP contribution in [-0.2, 0) is 17.8 Å². The molecule has 0 aliphatic carbocycles. The summed E-state index contributed by atoms with van der Waals surface area (Å²) in [4.78, 5) is 10.6. The minimum absolute atomic E-state index is 0.190. The molecule has 2 rings (SSSR count). The molecule has 17 heavy (non-hydrogen) atoms. The lowest BCUT2D eigenvalue weighted by atomic mass is 10.1. The van der Waals surface area contributed by atoms with E-state index in [9.17, 15) is 4.79 Å². The Morgan fingerprint density at radius 2 is 2.18 bits per heavy atom. The van der Waals surface area contributed by atoms with E-state index in [1.54, 1.807) is 0 Å². The van der Waals surface area contributed by atoms with Crippen molar-refractivity contribution in [3.63, 3.8) is 0 Å². The van der Waals surface area contributed by atoms with E-state index in [0.717, 1.165) is 12.2 Å². The summed E-state index contributed by atoms with van der Waals surface area (Å²) in [5, 5.41) is 9.99. The molecule has 1 N–H and O–H groups in total. The minimum Gasteiger partial charge on any atom is -0.481 e. The Hall–Kier alpha value is -1.77. The fraction of sp³-hybridized carbons (Fsp3) is 0.357. The fourth-order valence-corrected chi connectivity index (χ4v) is 2.30. The first-order chi connectivity index (χ1) is 8.13. The molecule has 0 radical (unpaired) electrons. The van der Waals surface area contributed by atoms with Gasteiger partial charge in [-0.25, -0.2) is 0 Å². The van der Waals surface area contributed by atoms with E-state index in [1.165, 1.54) is 16.5 Å². The zero-order valence-corrected chi connectivity index (χ0v) is 10.2. The quantitative estimate of drug-likeness (QED) is 0.879. The van der Waals surface area contributed by atoms with Gasteiger partial charge < -0.3 is 9.67 Å². The predicted octanol–water partition coefficient (Wildman–Crippen LogP) is 2.99. The normalized spacial score (nSPS) is 10.9. The van der Waals surface area contributed by atoms with Crippen LogP contribution in [-0.4, -0.2) is 15.6 Å². The summed E-state index contributed by atoms with van der Waals surface area (Å²) >= 11 is 0. The molecule has 0 bridgehead atoms. The zero-order chi connectivity index (χ0) is 12.4. The highest BCUT2D eigenvalue weighted by atomic mass is 16.4. The molecule has 0 aliphatic heterocycles. The van der Waals surface area contributed by atoms with Crippen molar-refractivity contribution in [2.45, 2.75) is 33.2 Å². The Morgan fingerprint density at radius 3 is 2.82 bits per heavy atom. The number of aromatic nitrogens is 1. The lowest BCUT2D eigenvalue weighted by molar-refractivity contribution is -0.136. The van der Waals surface area contributed by atoms with Crippen LogP contribution in [0.1, 0.15) is 24.6 Å². The molecule has 0 amide bonds. The van der Waals surface area contributed by atoms with E-state index in [4.69, 9.17) is 5.11 Å². The summed E-state index contributed by atoms with van der Waals surface area (Å²) < 4.78 is 2.20. The third kappa shape index (κ3) is 2.18. The molecular formula is C14H17NO2. The molecule has 0 fully saturated rings. The average Bonchev–Trinajstić information content (AvgIpc) is 2.65. The van der Waals surface area contributed by atoms with Crippen LogP contribution in [0, 0.1) is 6.92 Å². The number of benzene rings is 1. The van der Waals surface area contributed by atoms with Crippen molar-refractivity contribution in [1.82, 2.24) is 4.57 Å². The highest BCUT2D eigenvalue weighted by molar-refractivity contribution is 5.84. The van der Waals surface area contributed by atoms with Gasteiger partial charge in [0.25, 0.3) is 0 Å². The Labute approximate surface area is 101 Å². The molecule has 0 saturated carbocycles. The van der Waals surface area contributed by atoms with Gasteiger partial charge in [-0.2, -0.15) is 0 Å². The highest BCUT2D eigenvalue weighted by Crippen LogP contribution is 2.23. The largest absolute Gasteiger partial charge is 0.481 e. The van der Waals surface area contributed by atoms with Gasteiger partial charge in [-0.3, -0.25) is 4.79 Å². The number of hydrogen-bond donors (Lipinski definition) is 1. The lowest BCUT2D eigenvalue weighted by Crippen LogP contribution is -2.04. The molecular weight excluding hydrogens is 214 g/mol. The second kappa shape index (κ2) is 4.62. The summed E-state index contributed by atoms with van der Waals surface area (Å²) in [5.74, 6) is -0.741. The molecule has 2 aromatic rings. The molecule has 0 saturated heterocycles. The maximum atomic E-state index is 10.6. The zero-order valence-electron chi connectivity index (χ0n) is 10.2. The Kier molecular flexibility index (Phi) is 3.18. The minimum atomic E-state index is -0.741. The molecule has 0 atom stereocenters. The second-order valence-corrected chi connectivity index (χ2v) is 4.28. The van der Waals surface area contributed by atoms with Crippen LogP contribution in [0.15, 0.2) is 24.3 Å². The first-order valence-electron chi connectivity index (χ1n) is 5.93. The maximum Gasteiger partial charge on any atom is 0.303 e. The van der Waals surface area contributed by atoms with Crippen LogP contribution in [0.4, 0.5) is 0 Å². The molecule has 1 heterocycles. The summed E-state index contributed by atoms with van der Waals surface area (Å²) in [6.07, 6.45) is 0.784. The van der Waals surface area contributed by atoms with Gasteiger partial charge in [-0.1, -0.05) is 12.1 Å². The molecule has 0 aliphatic rings. The Morgan fingerprint density at radius 1 is 1.41 bits per heavy atom. The number of carboxylic acids is 1. The summed E-state index contributed by atoms with van der Waals surface area (Å²) in [5.41, 5.74) is 3.55. The number of aliphatic carboxylic acids is 1. The molecule has 3 nitrogen and oxygen atoms in total. The number of carboxylic acid groups (broad SMARTS) is 1. The van der Waals surface area contributed by atoms with Crippen molar-refractivity contribution >= 4 is 16.9 Å². The van der Waals surface area contributed by atoms with E-state index >= 15 is 0 Å². The van der Waals surface area contributed by atoms with Gasteiger partial charge in [0.15, 0.2) is 0 Å². The first-order valence-corrected chi connectivity index (χ1v) is 5.93. The van der Waals surface area contributed by atoms with Gasteiger partial charge in [0.2, 0.25) is 0 Å². The molecule has 90 valence electrons.